The van der Waals surface area contributed by atoms with Crippen LogP contribution < -0.4 is 10.6 Å². The summed E-state index contributed by atoms with van der Waals surface area (Å²) in [6.07, 6.45) is -0.805. The highest BCUT2D eigenvalue weighted by atomic mass is 35.5. The molecule has 4 N–H and O–H groups in total. The molecule has 0 aromatic heterocycles. The minimum atomic E-state index is -1.63. The van der Waals surface area contributed by atoms with Gasteiger partial charge in [0.25, 0.3) is 0 Å². The second kappa shape index (κ2) is 6.71. The summed E-state index contributed by atoms with van der Waals surface area (Å²) in [7, 11) is 0. The molecule has 0 aliphatic heterocycles. The average molecular weight is 305 g/mol. The fourth-order valence-corrected chi connectivity index (χ4v) is 1.47. The zero-order valence-electron chi connectivity index (χ0n) is 9.89. The van der Waals surface area contributed by atoms with Crippen LogP contribution in [0.5, 0.6) is 0 Å². The molecule has 0 spiro atoms. The Kier molecular flexibility index (Phi) is 5.27. The number of carbonyl (C=O) groups excluding carboxylic acids is 1. The molecule has 1 atom stereocenters. The van der Waals surface area contributed by atoms with Crippen LogP contribution in [-0.2, 0) is 9.59 Å². The lowest BCUT2D eigenvalue weighted by molar-refractivity contribution is -0.145. The van der Waals surface area contributed by atoms with Gasteiger partial charge in [-0.05, 0) is 12.1 Å². The van der Waals surface area contributed by atoms with Gasteiger partial charge in [-0.3, -0.25) is 4.79 Å². The third kappa shape index (κ3) is 4.39. The van der Waals surface area contributed by atoms with Crippen molar-refractivity contribution in [2.24, 2.45) is 0 Å². The number of hydrogen-bond acceptors (Lipinski definition) is 3. The number of carboxylic acid groups (broad SMARTS) is 2. The number of aliphatic carboxylic acids is 2. The fraction of sp³-hybridized carbons (Fsp3) is 0.182. The van der Waals surface area contributed by atoms with E-state index >= 15 is 0 Å². The summed E-state index contributed by atoms with van der Waals surface area (Å²) in [6.45, 7) is 0. The van der Waals surface area contributed by atoms with Gasteiger partial charge in [-0.1, -0.05) is 17.7 Å². The third-order valence-electron chi connectivity index (χ3n) is 2.18. The minimum absolute atomic E-state index is 0.219. The van der Waals surface area contributed by atoms with Gasteiger partial charge in [-0.2, -0.15) is 0 Å². The number of amides is 2. The van der Waals surface area contributed by atoms with Gasteiger partial charge in [0.1, 0.15) is 6.04 Å². The van der Waals surface area contributed by atoms with Crippen molar-refractivity contribution in [2.45, 2.75) is 12.5 Å². The molecule has 0 unspecified atom stereocenters. The molecule has 9 heteroatoms. The van der Waals surface area contributed by atoms with Crippen molar-refractivity contribution in [3.8, 4) is 0 Å². The van der Waals surface area contributed by atoms with E-state index in [-0.39, 0.29) is 10.7 Å². The van der Waals surface area contributed by atoms with Crippen LogP contribution in [0.4, 0.5) is 14.9 Å². The summed E-state index contributed by atoms with van der Waals surface area (Å²) in [5.74, 6) is -3.80. The highest BCUT2D eigenvalue weighted by Gasteiger charge is 2.23. The molecule has 108 valence electrons. The van der Waals surface area contributed by atoms with Crippen molar-refractivity contribution in [1.82, 2.24) is 5.32 Å². The van der Waals surface area contributed by atoms with E-state index in [9.17, 15) is 18.8 Å². The Hall–Kier alpha value is -2.35. The number of nitrogens with one attached hydrogen (secondary N) is 2. The Balaban J connectivity index is 2.73. The molecular formula is C11H10ClFN2O5. The summed E-state index contributed by atoms with van der Waals surface area (Å²) >= 11 is 5.50. The van der Waals surface area contributed by atoms with Gasteiger partial charge in [0.05, 0.1) is 17.1 Å². The van der Waals surface area contributed by atoms with Gasteiger partial charge in [0.2, 0.25) is 0 Å². The van der Waals surface area contributed by atoms with Gasteiger partial charge in [-0.15, -0.1) is 0 Å². The summed E-state index contributed by atoms with van der Waals surface area (Å²) in [4.78, 5) is 32.7. The van der Waals surface area contributed by atoms with E-state index < -0.39 is 36.2 Å². The first-order valence-corrected chi connectivity index (χ1v) is 5.65. The number of carbonyl (C=O) groups is 3. The average Bonchev–Trinajstić information content (AvgIpc) is 2.33. The molecule has 0 bridgehead atoms. The van der Waals surface area contributed by atoms with E-state index in [2.05, 4.69) is 0 Å². The number of benzene rings is 1. The van der Waals surface area contributed by atoms with Crippen molar-refractivity contribution in [1.29, 1.82) is 0 Å². The van der Waals surface area contributed by atoms with Crippen molar-refractivity contribution in [2.75, 3.05) is 5.32 Å². The maximum absolute atomic E-state index is 13.5. The SMILES string of the molecule is O=C(O)C[C@@H](NC(=O)Nc1cccc(Cl)c1F)C(=O)O. The second-order valence-electron chi connectivity index (χ2n) is 3.69. The monoisotopic (exact) mass is 304 g/mol. The Morgan fingerprint density at radius 2 is 1.95 bits per heavy atom. The molecule has 1 aromatic rings. The molecule has 0 saturated heterocycles. The van der Waals surface area contributed by atoms with Gasteiger partial charge < -0.3 is 20.8 Å². The van der Waals surface area contributed by atoms with Crippen molar-refractivity contribution >= 4 is 35.3 Å². The number of hydrogen-bond donors (Lipinski definition) is 4. The molecule has 0 fully saturated rings. The Morgan fingerprint density at radius 3 is 2.50 bits per heavy atom. The van der Waals surface area contributed by atoms with Gasteiger partial charge in [-0.25, -0.2) is 14.0 Å². The highest BCUT2D eigenvalue weighted by molar-refractivity contribution is 6.31. The van der Waals surface area contributed by atoms with Crippen molar-refractivity contribution in [3.63, 3.8) is 0 Å². The van der Waals surface area contributed by atoms with Crippen LogP contribution in [-0.4, -0.2) is 34.2 Å². The smallest absolute Gasteiger partial charge is 0.326 e. The topological polar surface area (TPSA) is 116 Å². The Bertz CT molecular complexity index is 552. The number of carboxylic acids is 2. The van der Waals surface area contributed by atoms with Crippen molar-refractivity contribution in [3.05, 3.63) is 29.0 Å². The highest BCUT2D eigenvalue weighted by Crippen LogP contribution is 2.21. The van der Waals surface area contributed by atoms with Gasteiger partial charge >= 0.3 is 18.0 Å². The van der Waals surface area contributed by atoms with E-state index in [0.717, 1.165) is 0 Å². The van der Waals surface area contributed by atoms with Crippen LogP contribution in [0.25, 0.3) is 0 Å². The van der Waals surface area contributed by atoms with E-state index in [4.69, 9.17) is 21.8 Å². The van der Waals surface area contributed by atoms with Crippen LogP contribution in [0.3, 0.4) is 0 Å². The summed E-state index contributed by atoms with van der Waals surface area (Å²) in [5, 5.41) is 21.0. The Labute approximate surface area is 117 Å². The predicted molar refractivity (Wildman–Crippen MR) is 67.2 cm³/mol. The van der Waals surface area contributed by atoms with Gasteiger partial charge in [0, 0.05) is 0 Å². The largest absolute Gasteiger partial charge is 0.481 e. The lowest BCUT2D eigenvalue weighted by Gasteiger charge is -2.13. The fourth-order valence-electron chi connectivity index (χ4n) is 1.29. The lowest BCUT2D eigenvalue weighted by Crippen LogP contribution is -2.44. The molecule has 7 nitrogen and oxygen atoms in total. The first-order valence-electron chi connectivity index (χ1n) is 5.27. The molecule has 0 aliphatic carbocycles. The molecular weight excluding hydrogens is 295 g/mol. The van der Waals surface area contributed by atoms with E-state index in [1.54, 1.807) is 0 Å². The summed E-state index contributed by atoms with van der Waals surface area (Å²) in [5.41, 5.74) is -0.255. The van der Waals surface area contributed by atoms with Crippen LogP contribution in [0, 0.1) is 5.82 Å². The zero-order chi connectivity index (χ0) is 15.3. The Morgan fingerprint density at radius 1 is 1.30 bits per heavy atom. The van der Waals surface area contributed by atoms with E-state index in [1.165, 1.54) is 18.2 Å². The molecule has 20 heavy (non-hydrogen) atoms. The predicted octanol–water partition coefficient (Wildman–Crippen LogP) is 1.53. The maximum Gasteiger partial charge on any atom is 0.326 e. The third-order valence-corrected chi connectivity index (χ3v) is 2.47. The first-order chi connectivity index (χ1) is 9.31. The number of urea groups is 1. The summed E-state index contributed by atoms with van der Waals surface area (Å²) < 4.78 is 13.5. The number of halogens is 2. The quantitative estimate of drug-likeness (QED) is 0.658. The van der Waals surface area contributed by atoms with Crippen LogP contribution in [0.2, 0.25) is 5.02 Å². The first kappa shape index (κ1) is 15.7. The second-order valence-corrected chi connectivity index (χ2v) is 4.10. The standard InChI is InChI=1S/C11H10ClFN2O5/c12-5-2-1-3-6(9(5)13)14-11(20)15-7(10(18)19)4-8(16)17/h1-3,7H,4H2,(H,16,17)(H,18,19)(H2,14,15,20)/t7-/m1/s1. The van der Waals surface area contributed by atoms with Crippen LogP contribution in [0.1, 0.15) is 6.42 Å². The lowest BCUT2D eigenvalue weighted by atomic mass is 10.2. The molecule has 0 radical (unpaired) electrons. The van der Waals surface area contributed by atoms with Crippen LogP contribution >= 0.6 is 11.6 Å². The van der Waals surface area contributed by atoms with Crippen molar-refractivity contribution < 1.29 is 29.0 Å². The normalized spacial score (nSPS) is 11.5. The maximum atomic E-state index is 13.5. The number of rotatable bonds is 5. The summed E-state index contributed by atoms with van der Waals surface area (Å²) in [6, 6.07) is 1.18. The van der Waals surface area contributed by atoms with Crippen LogP contribution in [0.15, 0.2) is 18.2 Å². The molecule has 0 heterocycles. The molecule has 2 amide bonds. The zero-order valence-corrected chi connectivity index (χ0v) is 10.6. The minimum Gasteiger partial charge on any atom is -0.481 e. The van der Waals surface area contributed by atoms with E-state index in [1.807, 2.05) is 10.6 Å². The number of anilines is 1. The molecule has 0 saturated carbocycles. The molecule has 1 aromatic carbocycles. The van der Waals surface area contributed by atoms with E-state index in [0.29, 0.717) is 0 Å². The molecule has 1 rings (SSSR count). The van der Waals surface area contributed by atoms with Gasteiger partial charge in [0.15, 0.2) is 5.82 Å². The molecule has 0 aliphatic rings.